The number of hydrogen-bond acceptors (Lipinski definition) is 4. The summed E-state index contributed by atoms with van der Waals surface area (Å²) in [5, 5.41) is 6.66. The fourth-order valence-corrected chi connectivity index (χ4v) is 5.31. The van der Waals surface area contributed by atoms with E-state index in [1.165, 1.54) is 33.8 Å². The number of nitrogens with one attached hydrogen (secondary N) is 4. The van der Waals surface area contributed by atoms with Gasteiger partial charge in [-0.1, -0.05) is 41.5 Å². The third-order valence-electron chi connectivity index (χ3n) is 7.99. The molecule has 0 fully saturated rings. The van der Waals surface area contributed by atoms with E-state index >= 15 is 0 Å². The molecule has 4 N–H and O–H groups in total. The number of carbonyl (C=O) groups is 2. The molecule has 2 aliphatic carbocycles. The molecule has 1 aliphatic heterocycles. The van der Waals surface area contributed by atoms with Crippen LogP contribution in [0.2, 0.25) is 0 Å². The van der Waals surface area contributed by atoms with Crippen molar-refractivity contribution in [3.8, 4) is 0 Å². The van der Waals surface area contributed by atoms with Gasteiger partial charge in [0.15, 0.2) is 11.6 Å². The minimum Gasteiger partial charge on any atom is -0.389 e. The van der Waals surface area contributed by atoms with Crippen molar-refractivity contribution in [3.63, 3.8) is 0 Å². The van der Waals surface area contributed by atoms with Crippen LogP contribution in [0.15, 0.2) is 70.1 Å². The van der Waals surface area contributed by atoms with E-state index in [9.17, 15) is 9.59 Å². The van der Waals surface area contributed by atoms with Crippen LogP contribution in [0.4, 0.5) is 0 Å². The van der Waals surface area contributed by atoms with E-state index in [0.29, 0.717) is 13.1 Å². The normalized spacial score (nSPS) is 24.3. The van der Waals surface area contributed by atoms with Gasteiger partial charge in [0.05, 0.1) is 38.3 Å². The zero-order valence-electron chi connectivity index (χ0n) is 26.7. The van der Waals surface area contributed by atoms with Crippen LogP contribution in [0, 0.1) is 10.8 Å². The molecule has 3 rings (SSSR count). The van der Waals surface area contributed by atoms with E-state index in [4.69, 9.17) is 0 Å². The molecule has 0 aromatic carbocycles. The molecule has 41 heavy (non-hydrogen) atoms. The minimum atomic E-state index is -0.0356. The molecule has 0 amide bonds. The molecule has 1 radical (unpaired) electrons. The van der Waals surface area contributed by atoms with E-state index in [-0.39, 0.29) is 39.5 Å². The Hall–Kier alpha value is -2.18. The molecule has 0 spiro atoms. The molecule has 2 unspecified atom stereocenters. The van der Waals surface area contributed by atoms with Crippen LogP contribution in [0.3, 0.4) is 0 Å². The molecule has 0 saturated carbocycles. The minimum absolute atomic E-state index is 0. The van der Waals surface area contributed by atoms with Gasteiger partial charge in [-0.05, 0) is 72.0 Å². The number of carbonyl (C=O) groups excluding carboxylic acids is 2. The van der Waals surface area contributed by atoms with Gasteiger partial charge in [-0.2, -0.15) is 0 Å². The molecule has 7 heteroatoms. The van der Waals surface area contributed by atoms with Gasteiger partial charge in [-0.15, -0.1) is 0 Å². The first-order valence-corrected chi connectivity index (χ1v) is 15.2. The van der Waals surface area contributed by atoms with Crippen molar-refractivity contribution in [1.29, 1.82) is 0 Å². The van der Waals surface area contributed by atoms with Crippen molar-refractivity contribution >= 4 is 11.6 Å². The SMILES string of the molecule is C[NH+]1CCCCCC[NH+](C)CC2=CC(C(C)(C)C)=CC(=CNCCNC=C3C=C(C(C)(C)C)C=C(C1)C3=O)C2=O.[Cu]. The van der Waals surface area contributed by atoms with Crippen molar-refractivity contribution in [2.24, 2.45) is 10.8 Å². The molecule has 231 valence electrons. The molecule has 4 bridgehead atoms. The summed E-state index contributed by atoms with van der Waals surface area (Å²) in [4.78, 5) is 29.5. The largest absolute Gasteiger partial charge is 0.389 e. The summed E-state index contributed by atoms with van der Waals surface area (Å²) in [5.74, 6) is 0.241. The molecular formula is C34H54CuN4O2+2. The fourth-order valence-electron chi connectivity index (χ4n) is 5.31. The Bertz CT molecular complexity index is 1050. The third-order valence-corrected chi connectivity index (χ3v) is 7.99. The van der Waals surface area contributed by atoms with Crippen molar-refractivity contribution in [3.05, 3.63) is 70.1 Å². The number of fused-ring (bicyclic) bond motifs is 4. The van der Waals surface area contributed by atoms with Crippen molar-refractivity contribution in [1.82, 2.24) is 10.6 Å². The molecule has 1 heterocycles. The number of allylic oxidation sites excluding steroid dienone is 8. The van der Waals surface area contributed by atoms with Crippen LogP contribution >= 0.6 is 0 Å². The Morgan fingerprint density at radius 2 is 0.976 bits per heavy atom. The topological polar surface area (TPSA) is 67.1 Å². The van der Waals surface area contributed by atoms with Crippen molar-refractivity contribution in [2.45, 2.75) is 67.2 Å². The van der Waals surface area contributed by atoms with E-state index in [1.54, 1.807) is 0 Å². The van der Waals surface area contributed by atoms with E-state index < -0.39 is 0 Å². The molecular weight excluding hydrogens is 560 g/mol. The third kappa shape index (κ3) is 10.5. The van der Waals surface area contributed by atoms with E-state index in [1.807, 2.05) is 24.6 Å². The summed E-state index contributed by atoms with van der Waals surface area (Å²) in [6.45, 7) is 18.1. The van der Waals surface area contributed by atoms with Gasteiger partial charge in [-0.25, -0.2) is 0 Å². The number of hydrogen-bond donors (Lipinski definition) is 4. The zero-order valence-corrected chi connectivity index (χ0v) is 27.6. The molecule has 2 atom stereocenters. The Balaban J connectivity index is 0.00000588. The summed E-state index contributed by atoms with van der Waals surface area (Å²) in [6.07, 6.45) is 16.7. The summed E-state index contributed by atoms with van der Waals surface area (Å²) >= 11 is 0. The first-order valence-electron chi connectivity index (χ1n) is 15.2. The zero-order chi connectivity index (χ0) is 29.5. The van der Waals surface area contributed by atoms with Gasteiger partial charge in [0.1, 0.15) is 13.1 Å². The number of ketones is 2. The maximum atomic E-state index is 13.4. The number of quaternary nitrogens is 2. The van der Waals surface area contributed by atoms with Gasteiger partial charge in [0.25, 0.3) is 0 Å². The Morgan fingerprint density at radius 1 is 0.610 bits per heavy atom. The number of rotatable bonds is 0. The van der Waals surface area contributed by atoms with Gasteiger partial charge < -0.3 is 20.4 Å². The summed E-state index contributed by atoms with van der Waals surface area (Å²) in [7, 11) is 4.40. The molecule has 6 nitrogen and oxygen atoms in total. The average molecular weight is 614 g/mol. The van der Waals surface area contributed by atoms with E-state index in [2.05, 4.69) is 78.4 Å². The molecule has 0 aromatic rings. The Morgan fingerprint density at radius 3 is 1.32 bits per heavy atom. The van der Waals surface area contributed by atoms with Gasteiger partial charge >= 0.3 is 0 Å². The van der Waals surface area contributed by atoms with Gasteiger partial charge in [0.2, 0.25) is 0 Å². The fraction of sp³-hybridized carbons (Fsp3) is 0.588. The quantitative estimate of drug-likeness (QED) is 0.317. The second-order valence-corrected chi connectivity index (χ2v) is 14.0. The first kappa shape index (κ1) is 35.0. The van der Waals surface area contributed by atoms with Crippen molar-refractivity contribution < 1.29 is 36.5 Å². The Labute approximate surface area is 259 Å². The summed E-state index contributed by atoms with van der Waals surface area (Å²) < 4.78 is 0. The van der Waals surface area contributed by atoms with Gasteiger partial charge in [0, 0.05) is 53.7 Å². The molecule has 0 aromatic heterocycles. The van der Waals surface area contributed by atoms with Crippen molar-refractivity contribution in [2.75, 3.05) is 53.4 Å². The van der Waals surface area contributed by atoms with Crippen LogP contribution in [0.25, 0.3) is 0 Å². The smallest absolute Gasteiger partial charge is 0.196 e. The summed E-state index contributed by atoms with van der Waals surface area (Å²) in [5.41, 5.74) is 5.54. The molecule has 3 aliphatic rings. The maximum Gasteiger partial charge on any atom is 0.196 e. The van der Waals surface area contributed by atoms with Crippen LogP contribution in [-0.2, 0) is 26.7 Å². The second-order valence-electron chi connectivity index (χ2n) is 14.0. The number of likely N-dealkylation sites (N-methyl/N-ethyl adjacent to an activating group) is 2. The second kappa shape index (κ2) is 15.3. The van der Waals surface area contributed by atoms with E-state index in [0.717, 1.165) is 61.3 Å². The van der Waals surface area contributed by atoms with Gasteiger partial charge in [-0.3, -0.25) is 9.59 Å². The van der Waals surface area contributed by atoms with Crippen LogP contribution in [0.5, 0.6) is 0 Å². The maximum absolute atomic E-state index is 13.4. The van der Waals surface area contributed by atoms with Crippen LogP contribution in [0.1, 0.15) is 67.2 Å². The first-order chi connectivity index (χ1) is 18.8. The number of Topliss-reactive ketones (excluding diaryl/α,β-unsaturated/α-hetero) is 2. The van der Waals surface area contributed by atoms with Crippen LogP contribution in [-0.4, -0.2) is 64.9 Å². The summed E-state index contributed by atoms with van der Waals surface area (Å²) in [6, 6.07) is 0. The Kier molecular flexibility index (Phi) is 13.1. The monoisotopic (exact) mass is 613 g/mol. The standard InChI is InChI=1S/C34H52N4O2.Cu/c1-33(2,3)29-17-25-21-35-13-14-36-22-26-18-30(34(4,5)6)20-28(32(26)40)24-38(8)16-12-10-9-11-15-37(7)23-27(19-29)31(25)39;/h17-22,35-36H,9-16,23-24H2,1-8H3;/p+2. The van der Waals surface area contributed by atoms with Crippen LogP contribution < -0.4 is 20.4 Å². The predicted octanol–water partition coefficient (Wildman–Crippen LogP) is 2.50. The molecule has 0 saturated heterocycles. The predicted molar refractivity (Wildman–Crippen MR) is 165 cm³/mol. The average Bonchev–Trinajstić information content (AvgIpc) is 2.85.